The maximum atomic E-state index is 6.72. The second-order valence-corrected chi connectivity index (χ2v) is 15.4. The van der Waals surface area contributed by atoms with Crippen molar-refractivity contribution in [2.45, 2.75) is 60.3 Å². The van der Waals surface area contributed by atoms with E-state index in [1.807, 2.05) is 0 Å². The monoisotopic (exact) mass is 622 g/mol. The zero-order valence-electron chi connectivity index (χ0n) is 28.5. The maximum Gasteiger partial charge on any atom is 0.178 e. The van der Waals surface area contributed by atoms with Crippen molar-refractivity contribution >= 4 is 76.8 Å². The van der Waals surface area contributed by atoms with Crippen LogP contribution in [0.1, 0.15) is 58.9 Å². The van der Waals surface area contributed by atoms with Crippen molar-refractivity contribution in [2.24, 2.45) is 23.7 Å². The summed E-state index contributed by atoms with van der Waals surface area (Å²) in [6.07, 6.45) is 5.11. The summed E-state index contributed by atoms with van der Waals surface area (Å²) in [5.41, 5.74) is 7.42. The summed E-state index contributed by atoms with van der Waals surface area (Å²) in [6.45, 7) is 16.2. The molecule has 240 valence electrons. The van der Waals surface area contributed by atoms with E-state index in [2.05, 4.69) is 111 Å². The predicted molar refractivity (Wildman–Crippen MR) is 200 cm³/mol. The summed E-state index contributed by atoms with van der Waals surface area (Å²) in [7, 11) is 0. The molecule has 9 rings (SSSR count). The first-order valence-corrected chi connectivity index (χ1v) is 18.0. The molecule has 0 aliphatic carbocycles. The van der Waals surface area contributed by atoms with Crippen LogP contribution >= 0.6 is 0 Å². The lowest BCUT2D eigenvalue weighted by molar-refractivity contribution is 0.311. The lowest BCUT2D eigenvalue weighted by Gasteiger charge is -2.35. The molecule has 47 heavy (non-hydrogen) atoms. The third-order valence-corrected chi connectivity index (χ3v) is 12.0. The first-order chi connectivity index (χ1) is 22.8. The molecule has 2 aliphatic heterocycles. The Kier molecular flexibility index (Phi) is 6.75. The van der Waals surface area contributed by atoms with Gasteiger partial charge >= 0.3 is 0 Å². The van der Waals surface area contributed by atoms with Crippen LogP contribution in [0.3, 0.4) is 0 Å². The number of hydrogen-bond donors (Lipinski definition) is 0. The van der Waals surface area contributed by atoms with Gasteiger partial charge in [0, 0.05) is 59.1 Å². The Labute approximate surface area is 277 Å². The van der Waals surface area contributed by atoms with E-state index in [1.54, 1.807) is 0 Å². The van der Waals surface area contributed by atoms with Crippen molar-refractivity contribution in [3.63, 3.8) is 0 Å². The molecule has 0 radical (unpaired) electrons. The fourth-order valence-corrected chi connectivity index (χ4v) is 8.87. The van der Waals surface area contributed by atoms with Crippen LogP contribution in [0.15, 0.2) is 75.6 Å². The molecule has 4 heterocycles. The van der Waals surface area contributed by atoms with Crippen molar-refractivity contribution in [1.82, 2.24) is 0 Å². The Morgan fingerprint density at radius 2 is 1.02 bits per heavy atom. The van der Waals surface area contributed by atoms with Crippen LogP contribution in [0.4, 0.5) is 11.4 Å². The van der Waals surface area contributed by atoms with Crippen LogP contribution in [0.2, 0.25) is 0 Å². The van der Waals surface area contributed by atoms with Gasteiger partial charge in [-0.15, -0.1) is 0 Å². The zero-order chi connectivity index (χ0) is 32.0. The summed E-state index contributed by atoms with van der Waals surface area (Å²) < 4.78 is 13.4. The number of anilines is 2. The van der Waals surface area contributed by atoms with Gasteiger partial charge in [0.05, 0.1) is 0 Å². The second kappa shape index (κ2) is 10.9. The molecule has 4 heteroatoms. The van der Waals surface area contributed by atoms with E-state index in [0.29, 0.717) is 0 Å². The van der Waals surface area contributed by atoms with E-state index in [4.69, 9.17) is 8.83 Å². The molecule has 0 unspecified atom stereocenters. The van der Waals surface area contributed by atoms with E-state index >= 15 is 0 Å². The highest BCUT2D eigenvalue weighted by atomic mass is 16.4. The summed E-state index contributed by atoms with van der Waals surface area (Å²) >= 11 is 0. The number of hydrogen-bond acceptors (Lipinski definition) is 4. The van der Waals surface area contributed by atoms with Gasteiger partial charge in [0.2, 0.25) is 0 Å². The fourth-order valence-electron chi connectivity index (χ4n) is 8.87. The molecule has 0 atom stereocenters. The number of furan rings is 2. The molecule has 0 N–H and O–H groups in total. The highest BCUT2D eigenvalue weighted by Crippen LogP contribution is 2.43. The molecule has 2 aliphatic rings. The first-order valence-electron chi connectivity index (χ1n) is 18.0. The van der Waals surface area contributed by atoms with E-state index in [-0.39, 0.29) is 0 Å². The topological polar surface area (TPSA) is 32.8 Å². The van der Waals surface area contributed by atoms with Gasteiger partial charge in [0.25, 0.3) is 0 Å². The molecule has 7 aromatic rings. The molecule has 0 bridgehead atoms. The van der Waals surface area contributed by atoms with Crippen LogP contribution in [-0.2, 0) is 0 Å². The van der Waals surface area contributed by atoms with Gasteiger partial charge in [-0.2, -0.15) is 0 Å². The molecule has 2 saturated heterocycles. The molecule has 4 nitrogen and oxygen atoms in total. The fraction of sp³-hybridized carbons (Fsp3) is 0.395. The number of rotatable bonds is 4. The van der Waals surface area contributed by atoms with Crippen LogP contribution in [-0.4, -0.2) is 26.2 Å². The van der Waals surface area contributed by atoms with Crippen molar-refractivity contribution in [1.29, 1.82) is 0 Å². The van der Waals surface area contributed by atoms with Gasteiger partial charge in [-0.1, -0.05) is 39.8 Å². The van der Waals surface area contributed by atoms with Crippen molar-refractivity contribution in [3.8, 4) is 0 Å². The minimum atomic E-state index is 0.770. The molecule has 5 aromatic carbocycles. The lowest BCUT2D eigenvalue weighted by atomic mass is 9.86. The first kappa shape index (κ1) is 29.0. The third-order valence-electron chi connectivity index (χ3n) is 12.0. The minimum Gasteiger partial charge on any atom is -0.452 e. The summed E-state index contributed by atoms with van der Waals surface area (Å²) in [5, 5.41) is 9.56. The Morgan fingerprint density at radius 3 is 1.55 bits per heavy atom. The van der Waals surface area contributed by atoms with E-state index in [1.165, 1.54) is 64.2 Å². The highest BCUT2D eigenvalue weighted by Gasteiger charge is 2.24. The van der Waals surface area contributed by atoms with Crippen LogP contribution in [0.25, 0.3) is 65.4 Å². The molecule has 2 aromatic heterocycles. The highest BCUT2D eigenvalue weighted by molar-refractivity contribution is 6.22. The SMILES string of the molecule is Cc1cc2c3cc4ccc(N5CCC(C(C)C)CC5)cc4cc3oc2c2oc3cc4cc(N5CCC(C(C)C)CC5)ccc4cc3c12. The summed E-state index contributed by atoms with van der Waals surface area (Å²) in [6, 6.07) is 25.3. The minimum absolute atomic E-state index is 0.770. The summed E-state index contributed by atoms with van der Waals surface area (Å²) in [5.74, 6) is 3.22. The average molecular weight is 623 g/mol. The molecular formula is C43H46N2O2. The number of piperidine rings is 2. The molecular weight excluding hydrogens is 576 g/mol. The quantitative estimate of drug-likeness (QED) is 0.195. The van der Waals surface area contributed by atoms with Crippen molar-refractivity contribution in [3.05, 3.63) is 72.3 Å². The number of nitrogens with zero attached hydrogens (tertiary/aromatic N) is 2. The Hall–Kier alpha value is -4.18. The molecule has 0 amide bonds. The van der Waals surface area contributed by atoms with E-state index < -0.39 is 0 Å². The molecule has 0 spiro atoms. The second-order valence-electron chi connectivity index (χ2n) is 15.4. The number of fused-ring (bicyclic) bond motifs is 9. The zero-order valence-corrected chi connectivity index (χ0v) is 28.5. The summed E-state index contributed by atoms with van der Waals surface area (Å²) in [4.78, 5) is 5.12. The molecule has 0 saturated carbocycles. The standard InChI is InChI=1S/C43H46N2O2/c1-25(2)28-10-14-44(15-11-28)34-8-6-30-21-36-37-18-27(5)41-38-22-31-7-9-35(45-16-12-29(13-17-45)26(3)4)20-33(31)24-40(38)47-43(41)42(37)46-39(36)23-32(30)19-34/h6-9,18-26,28-29H,10-17H2,1-5H3. The average Bonchev–Trinajstić information content (AvgIpc) is 3.63. The van der Waals surface area contributed by atoms with Crippen molar-refractivity contribution < 1.29 is 8.83 Å². The van der Waals surface area contributed by atoms with Gasteiger partial charge in [-0.25, -0.2) is 0 Å². The van der Waals surface area contributed by atoms with Gasteiger partial charge < -0.3 is 18.6 Å². The van der Waals surface area contributed by atoms with Crippen LogP contribution < -0.4 is 9.80 Å². The maximum absolute atomic E-state index is 6.72. The number of benzene rings is 5. The molecule has 2 fully saturated rings. The predicted octanol–water partition coefficient (Wildman–Crippen LogP) is 11.8. The Morgan fingerprint density at radius 1 is 0.532 bits per heavy atom. The van der Waals surface area contributed by atoms with E-state index in [9.17, 15) is 0 Å². The number of aryl methyl sites for hydroxylation is 1. The smallest absolute Gasteiger partial charge is 0.178 e. The lowest BCUT2D eigenvalue weighted by Crippen LogP contribution is -2.35. The van der Waals surface area contributed by atoms with Gasteiger partial charge in [-0.3, -0.25) is 0 Å². The normalized spacial score (nSPS) is 17.3. The van der Waals surface area contributed by atoms with Crippen molar-refractivity contribution in [2.75, 3.05) is 36.0 Å². The third kappa shape index (κ3) is 4.78. The Bertz CT molecular complexity index is 2310. The Balaban J connectivity index is 1.10. The van der Waals surface area contributed by atoms with Gasteiger partial charge in [0.15, 0.2) is 11.2 Å². The van der Waals surface area contributed by atoms with Gasteiger partial charge in [-0.05, 0) is 138 Å². The largest absolute Gasteiger partial charge is 0.452 e. The van der Waals surface area contributed by atoms with E-state index in [0.717, 1.165) is 93.7 Å². The van der Waals surface area contributed by atoms with Crippen LogP contribution in [0.5, 0.6) is 0 Å². The van der Waals surface area contributed by atoms with Gasteiger partial charge in [0.1, 0.15) is 11.2 Å². The van der Waals surface area contributed by atoms with Crippen LogP contribution in [0, 0.1) is 30.6 Å².